The van der Waals surface area contributed by atoms with Crippen LogP contribution in [-0.2, 0) is 10.3 Å². The minimum absolute atomic E-state index is 0.0748. The molecule has 2 N–H and O–H groups in total. The Morgan fingerprint density at radius 2 is 2.15 bits per heavy atom. The van der Waals surface area contributed by atoms with Gasteiger partial charge in [-0.1, -0.05) is 12.7 Å². The first-order chi connectivity index (χ1) is 9.47. The van der Waals surface area contributed by atoms with Crippen LogP contribution < -0.4 is 5.32 Å². The van der Waals surface area contributed by atoms with E-state index in [2.05, 4.69) is 11.9 Å². The fourth-order valence-electron chi connectivity index (χ4n) is 1.97. The van der Waals surface area contributed by atoms with Crippen molar-refractivity contribution in [2.45, 2.75) is 18.4 Å². The molecule has 106 valence electrons. The van der Waals surface area contributed by atoms with E-state index < -0.39 is 23.4 Å². The molecule has 0 spiro atoms. The molecule has 1 aliphatic rings. The lowest BCUT2D eigenvalue weighted by atomic mass is 10.0. The lowest BCUT2D eigenvalue weighted by Gasteiger charge is -2.18. The van der Waals surface area contributed by atoms with E-state index in [4.69, 9.17) is 9.84 Å². The van der Waals surface area contributed by atoms with Crippen LogP contribution in [0.4, 0.5) is 9.18 Å². The number of hydrogen-bond donors (Lipinski definition) is 2. The minimum atomic E-state index is -1.21. The number of carboxylic acid groups (broad SMARTS) is 1. The highest BCUT2D eigenvalue weighted by Gasteiger charge is 2.46. The quantitative estimate of drug-likeness (QED) is 0.812. The molecule has 1 amide bonds. The van der Waals surface area contributed by atoms with Gasteiger partial charge in [0, 0.05) is 0 Å². The summed E-state index contributed by atoms with van der Waals surface area (Å²) < 4.78 is 18.3. The standard InChI is InChI=1S/C14H14FNO4/c1-2-5-20-13(19)16-14(3-4-14)10-6-9(12(17)18)7-11(15)8-10/h2,6-8H,1,3-5H2,(H,16,19)(H,17,18). The molecule has 1 fully saturated rings. The second-order valence-electron chi connectivity index (χ2n) is 4.63. The molecule has 0 saturated heterocycles. The summed E-state index contributed by atoms with van der Waals surface area (Å²) in [6.45, 7) is 3.50. The van der Waals surface area contributed by atoms with Crippen LogP contribution in [-0.4, -0.2) is 23.8 Å². The van der Waals surface area contributed by atoms with Gasteiger partial charge in [0.2, 0.25) is 0 Å². The molecule has 0 unspecified atom stereocenters. The lowest BCUT2D eigenvalue weighted by molar-refractivity contribution is 0.0696. The maximum Gasteiger partial charge on any atom is 0.408 e. The van der Waals surface area contributed by atoms with E-state index in [-0.39, 0.29) is 12.2 Å². The van der Waals surface area contributed by atoms with Crippen LogP contribution in [0, 0.1) is 5.82 Å². The first-order valence-electron chi connectivity index (χ1n) is 6.07. The molecule has 5 nitrogen and oxygen atoms in total. The van der Waals surface area contributed by atoms with Crippen molar-refractivity contribution in [3.05, 3.63) is 47.8 Å². The van der Waals surface area contributed by atoms with Crippen LogP contribution >= 0.6 is 0 Å². The summed E-state index contributed by atoms with van der Waals surface area (Å²) in [7, 11) is 0. The Labute approximate surface area is 115 Å². The molecule has 0 atom stereocenters. The number of hydrogen-bond acceptors (Lipinski definition) is 3. The first kappa shape index (κ1) is 14.0. The third kappa shape index (κ3) is 2.96. The zero-order valence-corrected chi connectivity index (χ0v) is 10.7. The van der Waals surface area contributed by atoms with Crippen LogP contribution in [0.2, 0.25) is 0 Å². The molecule has 0 bridgehead atoms. The van der Waals surface area contributed by atoms with Gasteiger partial charge in [0.05, 0.1) is 11.1 Å². The number of ether oxygens (including phenoxy) is 1. The van der Waals surface area contributed by atoms with E-state index in [1.54, 1.807) is 0 Å². The van der Waals surface area contributed by atoms with Gasteiger partial charge in [-0.25, -0.2) is 14.0 Å². The van der Waals surface area contributed by atoms with Gasteiger partial charge in [0.1, 0.15) is 12.4 Å². The van der Waals surface area contributed by atoms with Crippen molar-refractivity contribution in [2.75, 3.05) is 6.61 Å². The normalized spacial score (nSPS) is 15.2. The lowest BCUT2D eigenvalue weighted by Crippen LogP contribution is -2.35. The molecule has 0 aliphatic heterocycles. The summed E-state index contributed by atoms with van der Waals surface area (Å²) >= 11 is 0. The van der Waals surface area contributed by atoms with E-state index >= 15 is 0 Å². The third-order valence-corrected chi connectivity index (χ3v) is 3.12. The fraction of sp³-hybridized carbons (Fsp3) is 0.286. The van der Waals surface area contributed by atoms with E-state index in [0.29, 0.717) is 18.4 Å². The van der Waals surface area contributed by atoms with Crippen LogP contribution in [0.25, 0.3) is 0 Å². The van der Waals surface area contributed by atoms with E-state index in [1.807, 2.05) is 0 Å². The average molecular weight is 279 g/mol. The largest absolute Gasteiger partial charge is 0.478 e. The van der Waals surface area contributed by atoms with Crippen molar-refractivity contribution in [1.82, 2.24) is 5.32 Å². The van der Waals surface area contributed by atoms with Crippen LogP contribution in [0.15, 0.2) is 30.9 Å². The Balaban J connectivity index is 2.20. The van der Waals surface area contributed by atoms with Gasteiger partial charge in [-0.3, -0.25) is 0 Å². The highest BCUT2D eigenvalue weighted by molar-refractivity contribution is 5.88. The molecule has 0 aromatic heterocycles. The summed E-state index contributed by atoms with van der Waals surface area (Å²) in [5, 5.41) is 11.6. The van der Waals surface area contributed by atoms with Crippen LogP contribution in [0.3, 0.4) is 0 Å². The number of carboxylic acids is 1. The summed E-state index contributed by atoms with van der Waals surface area (Å²) in [6.07, 6.45) is 2.02. The van der Waals surface area contributed by atoms with Gasteiger partial charge in [-0.05, 0) is 36.6 Å². The summed E-state index contributed by atoms with van der Waals surface area (Å²) in [5.74, 6) is -1.86. The molecule has 1 saturated carbocycles. The molecule has 0 heterocycles. The second kappa shape index (κ2) is 5.32. The number of carbonyl (C=O) groups is 2. The van der Waals surface area contributed by atoms with Gasteiger partial charge in [0.15, 0.2) is 0 Å². The Kier molecular flexibility index (Phi) is 3.74. The third-order valence-electron chi connectivity index (χ3n) is 3.12. The van der Waals surface area contributed by atoms with Gasteiger partial charge in [0.25, 0.3) is 0 Å². The number of aromatic carboxylic acids is 1. The Morgan fingerprint density at radius 1 is 1.45 bits per heavy atom. The van der Waals surface area contributed by atoms with E-state index in [1.165, 1.54) is 18.2 Å². The molecule has 1 aliphatic carbocycles. The predicted molar refractivity (Wildman–Crippen MR) is 69.0 cm³/mol. The molecule has 2 rings (SSSR count). The highest BCUT2D eigenvalue weighted by atomic mass is 19.1. The highest BCUT2D eigenvalue weighted by Crippen LogP contribution is 2.46. The number of rotatable bonds is 5. The minimum Gasteiger partial charge on any atom is -0.478 e. The molecule has 20 heavy (non-hydrogen) atoms. The Bertz CT molecular complexity index is 566. The van der Waals surface area contributed by atoms with Gasteiger partial charge >= 0.3 is 12.1 Å². The molecular formula is C14H14FNO4. The topological polar surface area (TPSA) is 75.6 Å². The van der Waals surface area contributed by atoms with Crippen LogP contribution in [0.5, 0.6) is 0 Å². The second-order valence-corrected chi connectivity index (χ2v) is 4.63. The number of amides is 1. The number of alkyl carbamates (subject to hydrolysis) is 1. The van der Waals surface area contributed by atoms with Crippen molar-refractivity contribution >= 4 is 12.1 Å². The maximum atomic E-state index is 13.5. The first-order valence-corrected chi connectivity index (χ1v) is 6.07. The zero-order valence-electron chi connectivity index (χ0n) is 10.7. The van der Waals surface area contributed by atoms with E-state index in [0.717, 1.165) is 6.07 Å². The molecule has 1 aromatic rings. The van der Waals surface area contributed by atoms with Crippen LogP contribution in [0.1, 0.15) is 28.8 Å². The van der Waals surface area contributed by atoms with Gasteiger partial charge < -0.3 is 15.2 Å². The van der Waals surface area contributed by atoms with Crippen molar-refractivity contribution in [2.24, 2.45) is 0 Å². The Morgan fingerprint density at radius 3 is 2.70 bits per heavy atom. The maximum absolute atomic E-state index is 13.5. The smallest absolute Gasteiger partial charge is 0.408 e. The number of carbonyl (C=O) groups excluding carboxylic acids is 1. The monoisotopic (exact) mass is 279 g/mol. The van der Waals surface area contributed by atoms with Gasteiger partial charge in [-0.2, -0.15) is 0 Å². The number of benzene rings is 1. The zero-order chi connectivity index (χ0) is 14.8. The predicted octanol–water partition coefficient (Wildman–Crippen LogP) is 2.43. The average Bonchev–Trinajstić information content (AvgIpc) is 3.16. The summed E-state index contributed by atoms with van der Waals surface area (Å²) in [5.41, 5.74) is -0.442. The fourth-order valence-corrected chi connectivity index (χ4v) is 1.97. The Hall–Kier alpha value is -2.37. The molecule has 1 aromatic carbocycles. The van der Waals surface area contributed by atoms with Crippen molar-refractivity contribution < 1.29 is 23.8 Å². The molecule has 0 radical (unpaired) electrons. The van der Waals surface area contributed by atoms with Crippen molar-refractivity contribution in [1.29, 1.82) is 0 Å². The summed E-state index contributed by atoms with van der Waals surface area (Å²) in [6, 6.07) is 3.54. The van der Waals surface area contributed by atoms with Crippen molar-refractivity contribution in [3.63, 3.8) is 0 Å². The van der Waals surface area contributed by atoms with E-state index in [9.17, 15) is 14.0 Å². The number of halogens is 1. The SMILES string of the molecule is C=CCOC(=O)NC1(c2cc(F)cc(C(=O)O)c2)CC1. The molecular weight excluding hydrogens is 265 g/mol. The van der Waals surface area contributed by atoms with Gasteiger partial charge in [-0.15, -0.1) is 0 Å². The number of nitrogens with one attached hydrogen (secondary N) is 1. The molecule has 6 heteroatoms. The summed E-state index contributed by atoms with van der Waals surface area (Å²) in [4.78, 5) is 22.5. The van der Waals surface area contributed by atoms with Crippen molar-refractivity contribution in [3.8, 4) is 0 Å².